The Hall–Kier alpha value is -2.00. The summed E-state index contributed by atoms with van der Waals surface area (Å²) in [7, 11) is 0. The summed E-state index contributed by atoms with van der Waals surface area (Å²) < 4.78 is 12.7. The van der Waals surface area contributed by atoms with Gasteiger partial charge < -0.3 is 5.32 Å². The first-order valence-electron chi connectivity index (χ1n) is 5.77. The molecule has 0 aromatic heterocycles. The highest BCUT2D eigenvalue weighted by molar-refractivity contribution is 5.74. The zero-order chi connectivity index (χ0) is 12.8. The minimum absolute atomic E-state index is 0.219. The summed E-state index contributed by atoms with van der Waals surface area (Å²) in [6.45, 7) is 1.41. The number of aldehydes is 1. The number of hydrogen-bond acceptors (Lipinski definition) is 2. The van der Waals surface area contributed by atoms with Gasteiger partial charge in [0, 0.05) is 18.7 Å². The van der Waals surface area contributed by atoms with Gasteiger partial charge >= 0.3 is 0 Å². The molecule has 0 saturated heterocycles. The van der Waals surface area contributed by atoms with E-state index in [1.807, 2.05) is 12.1 Å². The fourth-order valence-corrected chi connectivity index (χ4v) is 1.67. The maximum Gasteiger partial charge on any atom is 0.150 e. The molecule has 18 heavy (non-hydrogen) atoms. The maximum absolute atomic E-state index is 12.7. The molecule has 0 aliphatic heterocycles. The standard InChI is InChI=1S/C15H14FNO/c16-15-7-5-13(6-8-15)10-17-9-12-1-3-14(11-18)4-2-12/h1-8,11,17H,9-10H2. The Balaban J connectivity index is 1.84. The molecule has 0 heterocycles. The normalized spacial score (nSPS) is 10.3. The quantitative estimate of drug-likeness (QED) is 0.818. The van der Waals surface area contributed by atoms with Gasteiger partial charge in [-0.15, -0.1) is 0 Å². The molecular formula is C15H14FNO. The van der Waals surface area contributed by atoms with Crippen molar-refractivity contribution >= 4 is 6.29 Å². The lowest BCUT2D eigenvalue weighted by molar-refractivity contribution is 0.112. The van der Waals surface area contributed by atoms with Crippen LogP contribution in [0.1, 0.15) is 21.5 Å². The zero-order valence-corrected chi connectivity index (χ0v) is 9.90. The Kier molecular flexibility index (Phi) is 4.20. The molecule has 0 radical (unpaired) electrons. The van der Waals surface area contributed by atoms with Gasteiger partial charge in [-0.25, -0.2) is 4.39 Å². The van der Waals surface area contributed by atoms with E-state index in [1.54, 1.807) is 24.3 Å². The molecule has 2 nitrogen and oxygen atoms in total. The van der Waals surface area contributed by atoms with Crippen molar-refractivity contribution < 1.29 is 9.18 Å². The fourth-order valence-electron chi connectivity index (χ4n) is 1.67. The number of carbonyl (C=O) groups is 1. The summed E-state index contributed by atoms with van der Waals surface area (Å²) in [5, 5.41) is 3.26. The molecule has 2 rings (SSSR count). The molecule has 1 N–H and O–H groups in total. The number of nitrogens with one attached hydrogen (secondary N) is 1. The van der Waals surface area contributed by atoms with Crippen molar-refractivity contribution in [3.63, 3.8) is 0 Å². The Labute approximate surface area is 105 Å². The van der Waals surface area contributed by atoms with E-state index in [-0.39, 0.29) is 5.82 Å². The number of benzene rings is 2. The van der Waals surface area contributed by atoms with Crippen molar-refractivity contribution in [1.29, 1.82) is 0 Å². The van der Waals surface area contributed by atoms with E-state index in [1.165, 1.54) is 12.1 Å². The summed E-state index contributed by atoms with van der Waals surface area (Å²) >= 11 is 0. The third-order valence-electron chi connectivity index (χ3n) is 2.69. The van der Waals surface area contributed by atoms with Crippen LogP contribution in [0.4, 0.5) is 4.39 Å². The van der Waals surface area contributed by atoms with Crippen LogP contribution in [0.25, 0.3) is 0 Å². The summed E-state index contributed by atoms with van der Waals surface area (Å²) in [4.78, 5) is 10.5. The minimum atomic E-state index is -0.219. The van der Waals surface area contributed by atoms with Crippen LogP contribution in [0.2, 0.25) is 0 Å². The third-order valence-corrected chi connectivity index (χ3v) is 2.69. The second kappa shape index (κ2) is 6.07. The van der Waals surface area contributed by atoms with E-state index in [0.29, 0.717) is 12.1 Å². The molecular weight excluding hydrogens is 229 g/mol. The third kappa shape index (κ3) is 3.50. The SMILES string of the molecule is O=Cc1ccc(CNCc2ccc(F)cc2)cc1. The summed E-state index contributed by atoms with van der Waals surface area (Å²) in [5.74, 6) is -0.219. The average molecular weight is 243 g/mol. The molecule has 3 heteroatoms. The van der Waals surface area contributed by atoms with Gasteiger partial charge in [-0.2, -0.15) is 0 Å². The lowest BCUT2D eigenvalue weighted by Crippen LogP contribution is -2.12. The van der Waals surface area contributed by atoms with Crippen molar-refractivity contribution in [1.82, 2.24) is 5.32 Å². The Morgan fingerprint density at radius 1 is 0.889 bits per heavy atom. The van der Waals surface area contributed by atoms with E-state index in [2.05, 4.69) is 5.32 Å². The van der Waals surface area contributed by atoms with Gasteiger partial charge in [0.25, 0.3) is 0 Å². The zero-order valence-electron chi connectivity index (χ0n) is 9.90. The van der Waals surface area contributed by atoms with Crippen LogP contribution in [0, 0.1) is 5.82 Å². The van der Waals surface area contributed by atoms with Crippen LogP contribution in [0.15, 0.2) is 48.5 Å². The summed E-state index contributed by atoms with van der Waals surface area (Å²) in [6, 6.07) is 13.9. The van der Waals surface area contributed by atoms with Crippen molar-refractivity contribution in [2.45, 2.75) is 13.1 Å². The lowest BCUT2D eigenvalue weighted by atomic mass is 10.1. The van der Waals surface area contributed by atoms with Gasteiger partial charge in [-0.05, 0) is 23.3 Å². The molecule has 0 unspecified atom stereocenters. The Bertz CT molecular complexity index is 505. The first-order chi connectivity index (χ1) is 8.78. The van der Waals surface area contributed by atoms with Crippen molar-refractivity contribution in [2.24, 2.45) is 0 Å². The highest BCUT2D eigenvalue weighted by Gasteiger charge is 1.96. The van der Waals surface area contributed by atoms with Crippen LogP contribution in [-0.2, 0) is 13.1 Å². The topological polar surface area (TPSA) is 29.1 Å². The second-order valence-corrected chi connectivity index (χ2v) is 4.09. The van der Waals surface area contributed by atoms with E-state index < -0.39 is 0 Å². The molecule has 0 amide bonds. The van der Waals surface area contributed by atoms with Gasteiger partial charge in [-0.1, -0.05) is 36.4 Å². The average Bonchev–Trinajstić information content (AvgIpc) is 2.42. The predicted molar refractivity (Wildman–Crippen MR) is 68.8 cm³/mol. The van der Waals surface area contributed by atoms with Crippen LogP contribution >= 0.6 is 0 Å². The maximum atomic E-state index is 12.7. The highest BCUT2D eigenvalue weighted by Crippen LogP contribution is 2.04. The molecule has 92 valence electrons. The van der Waals surface area contributed by atoms with E-state index in [0.717, 1.165) is 24.0 Å². The molecule has 0 atom stereocenters. The number of carbonyl (C=O) groups excluding carboxylic acids is 1. The molecule has 0 spiro atoms. The number of hydrogen-bond donors (Lipinski definition) is 1. The summed E-state index contributed by atoms with van der Waals surface area (Å²) in [5.41, 5.74) is 2.83. The largest absolute Gasteiger partial charge is 0.309 e. The molecule has 2 aromatic rings. The Morgan fingerprint density at radius 3 is 1.89 bits per heavy atom. The fraction of sp³-hybridized carbons (Fsp3) is 0.133. The van der Waals surface area contributed by atoms with Crippen LogP contribution in [0.3, 0.4) is 0 Å². The van der Waals surface area contributed by atoms with E-state index >= 15 is 0 Å². The summed E-state index contributed by atoms with van der Waals surface area (Å²) in [6.07, 6.45) is 0.829. The Morgan fingerprint density at radius 2 is 1.39 bits per heavy atom. The lowest BCUT2D eigenvalue weighted by Gasteiger charge is -2.05. The van der Waals surface area contributed by atoms with Crippen LogP contribution < -0.4 is 5.32 Å². The van der Waals surface area contributed by atoms with Crippen molar-refractivity contribution in [3.8, 4) is 0 Å². The first-order valence-corrected chi connectivity index (χ1v) is 5.77. The molecule has 0 fully saturated rings. The van der Waals surface area contributed by atoms with Gasteiger partial charge in [0.15, 0.2) is 0 Å². The number of rotatable bonds is 5. The highest BCUT2D eigenvalue weighted by atomic mass is 19.1. The van der Waals surface area contributed by atoms with Gasteiger partial charge in [0.1, 0.15) is 12.1 Å². The smallest absolute Gasteiger partial charge is 0.150 e. The van der Waals surface area contributed by atoms with Gasteiger partial charge in [0.05, 0.1) is 0 Å². The van der Waals surface area contributed by atoms with Gasteiger partial charge in [-0.3, -0.25) is 4.79 Å². The second-order valence-electron chi connectivity index (χ2n) is 4.09. The van der Waals surface area contributed by atoms with Crippen molar-refractivity contribution in [2.75, 3.05) is 0 Å². The van der Waals surface area contributed by atoms with Crippen LogP contribution in [-0.4, -0.2) is 6.29 Å². The molecule has 0 bridgehead atoms. The minimum Gasteiger partial charge on any atom is -0.309 e. The molecule has 2 aromatic carbocycles. The molecule has 0 aliphatic rings. The van der Waals surface area contributed by atoms with Crippen LogP contribution in [0.5, 0.6) is 0 Å². The molecule has 0 saturated carbocycles. The van der Waals surface area contributed by atoms with E-state index in [9.17, 15) is 9.18 Å². The molecule has 0 aliphatic carbocycles. The monoisotopic (exact) mass is 243 g/mol. The predicted octanol–water partition coefficient (Wildman–Crippen LogP) is 2.93. The van der Waals surface area contributed by atoms with E-state index in [4.69, 9.17) is 0 Å². The number of halogens is 1. The van der Waals surface area contributed by atoms with Crippen molar-refractivity contribution in [3.05, 3.63) is 71.0 Å². The first kappa shape index (κ1) is 12.5. The van der Waals surface area contributed by atoms with Gasteiger partial charge in [0.2, 0.25) is 0 Å².